The van der Waals surface area contributed by atoms with Crippen LogP contribution < -0.4 is 15.5 Å². The molecule has 0 aliphatic carbocycles. The third-order valence-corrected chi connectivity index (χ3v) is 4.44. The minimum atomic E-state index is -0.862. The molecular formula is C23H20ClN3O3. The van der Waals surface area contributed by atoms with Crippen LogP contribution in [0.4, 0.5) is 5.69 Å². The Hall–Kier alpha value is -3.64. The summed E-state index contributed by atoms with van der Waals surface area (Å²) in [6.45, 7) is 2.22. The lowest BCUT2D eigenvalue weighted by Gasteiger charge is -2.08. The van der Waals surface area contributed by atoms with Crippen LogP contribution in [0.5, 0.6) is 5.75 Å². The SMILES string of the molecule is Cc1cccc(NC(=O)C(=O)N/N=C\c2cccc(OCc3ccccc3Cl)c2)c1. The molecule has 7 heteroatoms. The fraction of sp³-hybridized carbons (Fsp3) is 0.0870. The first-order valence-corrected chi connectivity index (χ1v) is 9.56. The Labute approximate surface area is 179 Å². The minimum Gasteiger partial charge on any atom is -0.489 e. The summed E-state index contributed by atoms with van der Waals surface area (Å²) in [6.07, 6.45) is 1.43. The molecule has 0 aliphatic heterocycles. The summed E-state index contributed by atoms with van der Waals surface area (Å²) in [5, 5.41) is 7.00. The summed E-state index contributed by atoms with van der Waals surface area (Å²) in [5.74, 6) is -1.03. The van der Waals surface area contributed by atoms with E-state index in [1.54, 1.807) is 42.5 Å². The van der Waals surface area contributed by atoms with Crippen molar-refractivity contribution in [1.29, 1.82) is 0 Å². The molecule has 2 amide bonds. The number of carbonyl (C=O) groups is 2. The van der Waals surface area contributed by atoms with Crippen molar-refractivity contribution in [3.8, 4) is 5.75 Å². The molecule has 152 valence electrons. The van der Waals surface area contributed by atoms with Crippen LogP contribution in [-0.4, -0.2) is 18.0 Å². The monoisotopic (exact) mass is 421 g/mol. The Morgan fingerprint density at radius 1 is 1.00 bits per heavy atom. The zero-order valence-corrected chi connectivity index (χ0v) is 17.0. The molecule has 3 aromatic carbocycles. The van der Waals surface area contributed by atoms with Gasteiger partial charge in [-0.1, -0.05) is 54.1 Å². The molecule has 0 aliphatic rings. The lowest BCUT2D eigenvalue weighted by Crippen LogP contribution is -2.32. The quantitative estimate of drug-likeness (QED) is 0.353. The molecule has 6 nitrogen and oxygen atoms in total. The van der Waals surface area contributed by atoms with Gasteiger partial charge in [-0.25, -0.2) is 5.43 Å². The molecule has 0 heterocycles. The number of carbonyl (C=O) groups excluding carboxylic acids is 2. The highest BCUT2D eigenvalue weighted by atomic mass is 35.5. The van der Waals surface area contributed by atoms with E-state index in [9.17, 15) is 9.59 Å². The number of hydrogen-bond donors (Lipinski definition) is 2. The summed E-state index contributed by atoms with van der Waals surface area (Å²) in [4.78, 5) is 23.8. The van der Waals surface area contributed by atoms with Gasteiger partial charge in [0.25, 0.3) is 0 Å². The average molecular weight is 422 g/mol. The Morgan fingerprint density at radius 3 is 2.60 bits per heavy atom. The van der Waals surface area contributed by atoms with E-state index >= 15 is 0 Å². The molecule has 2 N–H and O–H groups in total. The van der Waals surface area contributed by atoms with Gasteiger partial charge in [-0.3, -0.25) is 9.59 Å². The number of nitrogens with zero attached hydrogens (tertiary/aromatic N) is 1. The summed E-state index contributed by atoms with van der Waals surface area (Å²) < 4.78 is 5.76. The van der Waals surface area contributed by atoms with Crippen molar-refractivity contribution < 1.29 is 14.3 Å². The smallest absolute Gasteiger partial charge is 0.329 e. The van der Waals surface area contributed by atoms with E-state index in [1.807, 2.05) is 37.3 Å². The number of aryl methyl sites for hydroxylation is 1. The Morgan fingerprint density at radius 2 is 1.80 bits per heavy atom. The molecule has 0 spiro atoms. The molecule has 3 aromatic rings. The molecule has 0 bridgehead atoms. The number of hydrogen-bond acceptors (Lipinski definition) is 4. The molecular weight excluding hydrogens is 402 g/mol. The number of rotatable bonds is 6. The normalized spacial score (nSPS) is 10.6. The van der Waals surface area contributed by atoms with Crippen molar-refractivity contribution in [1.82, 2.24) is 5.43 Å². The molecule has 0 radical (unpaired) electrons. The third-order valence-electron chi connectivity index (χ3n) is 4.07. The summed E-state index contributed by atoms with van der Waals surface area (Å²) in [7, 11) is 0. The number of nitrogens with one attached hydrogen (secondary N) is 2. The van der Waals surface area contributed by atoms with Gasteiger partial charge in [-0.05, 0) is 48.4 Å². The van der Waals surface area contributed by atoms with Crippen LogP contribution in [0.3, 0.4) is 0 Å². The fourth-order valence-corrected chi connectivity index (χ4v) is 2.78. The minimum absolute atomic E-state index is 0.330. The van der Waals surface area contributed by atoms with E-state index in [-0.39, 0.29) is 0 Å². The zero-order chi connectivity index (χ0) is 21.3. The first kappa shape index (κ1) is 21.1. The second-order valence-electron chi connectivity index (χ2n) is 6.48. The molecule has 0 aromatic heterocycles. The lowest BCUT2D eigenvalue weighted by molar-refractivity contribution is -0.136. The van der Waals surface area contributed by atoms with E-state index in [0.29, 0.717) is 28.6 Å². The average Bonchev–Trinajstić information content (AvgIpc) is 2.73. The van der Waals surface area contributed by atoms with Crippen LogP contribution in [0.2, 0.25) is 5.02 Å². The molecule has 0 atom stereocenters. The summed E-state index contributed by atoms with van der Waals surface area (Å²) in [6, 6.07) is 21.8. The molecule has 0 saturated heterocycles. The van der Waals surface area contributed by atoms with Crippen LogP contribution in [-0.2, 0) is 16.2 Å². The van der Waals surface area contributed by atoms with Crippen LogP contribution in [0.1, 0.15) is 16.7 Å². The van der Waals surface area contributed by atoms with Gasteiger partial charge in [0.1, 0.15) is 12.4 Å². The van der Waals surface area contributed by atoms with Crippen molar-refractivity contribution in [3.63, 3.8) is 0 Å². The van der Waals surface area contributed by atoms with E-state index < -0.39 is 11.8 Å². The highest BCUT2D eigenvalue weighted by molar-refractivity contribution is 6.39. The highest BCUT2D eigenvalue weighted by Gasteiger charge is 2.12. The predicted molar refractivity (Wildman–Crippen MR) is 118 cm³/mol. The van der Waals surface area contributed by atoms with Crippen molar-refractivity contribution in [3.05, 3.63) is 94.5 Å². The standard InChI is InChI=1S/C23H20ClN3O3/c1-16-6-4-9-19(12-16)26-22(28)23(29)27-25-14-17-7-5-10-20(13-17)30-15-18-8-2-3-11-21(18)24/h2-14H,15H2,1H3,(H,26,28)(H,27,29)/b25-14-. The first-order chi connectivity index (χ1) is 14.5. The van der Waals surface area contributed by atoms with Gasteiger partial charge in [0, 0.05) is 16.3 Å². The molecule has 3 rings (SSSR count). The van der Waals surface area contributed by atoms with Crippen molar-refractivity contribution in [2.24, 2.45) is 5.10 Å². The third kappa shape index (κ3) is 6.18. The van der Waals surface area contributed by atoms with Gasteiger partial charge in [0.05, 0.1) is 6.21 Å². The maximum atomic E-state index is 11.9. The van der Waals surface area contributed by atoms with Crippen molar-refractivity contribution in [2.75, 3.05) is 5.32 Å². The predicted octanol–water partition coefficient (Wildman–Crippen LogP) is 4.32. The number of anilines is 1. The molecule has 30 heavy (non-hydrogen) atoms. The number of hydrazone groups is 1. The number of benzene rings is 3. The van der Waals surface area contributed by atoms with Crippen LogP contribution in [0.25, 0.3) is 0 Å². The Balaban J connectivity index is 1.53. The lowest BCUT2D eigenvalue weighted by atomic mass is 10.2. The van der Waals surface area contributed by atoms with E-state index in [0.717, 1.165) is 11.1 Å². The van der Waals surface area contributed by atoms with Gasteiger partial charge < -0.3 is 10.1 Å². The number of ether oxygens (including phenoxy) is 1. The number of amides is 2. The number of halogens is 1. The summed E-state index contributed by atoms with van der Waals surface area (Å²) >= 11 is 6.13. The van der Waals surface area contributed by atoms with E-state index in [4.69, 9.17) is 16.3 Å². The van der Waals surface area contributed by atoms with Gasteiger partial charge >= 0.3 is 11.8 Å². The zero-order valence-electron chi connectivity index (χ0n) is 16.3. The Bertz CT molecular complexity index is 1080. The Kier molecular flexibility index (Phi) is 7.19. The largest absolute Gasteiger partial charge is 0.489 e. The maximum Gasteiger partial charge on any atom is 0.329 e. The van der Waals surface area contributed by atoms with Gasteiger partial charge in [-0.15, -0.1) is 0 Å². The topological polar surface area (TPSA) is 79.8 Å². The fourth-order valence-electron chi connectivity index (χ4n) is 2.59. The first-order valence-electron chi connectivity index (χ1n) is 9.18. The second-order valence-corrected chi connectivity index (χ2v) is 6.88. The van der Waals surface area contributed by atoms with Gasteiger partial charge in [0.2, 0.25) is 0 Å². The van der Waals surface area contributed by atoms with Crippen LogP contribution in [0, 0.1) is 6.92 Å². The van der Waals surface area contributed by atoms with Crippen molar-refractivity contribution >= 4 is 35.3 Å². The second kappa shape index (κ2) is 10.2. The molecule has 0 fully saturated rings. The van der Waals surface area contributed by atoms with Crippen LogP contribution >= 0.6 is 11.6 Å². The van der Waals surface area contributed by atoms with Crippen LogP contribution in [0.15, 0.2) is 77.9 Å². The highest BCUT2D eigenvalue weighted by Crippen LogP contribution is 2.19. The van der Waals surface area contributed by atoms with Gasteiger partial charge in [0.15, 0.2) is 0 Å². The van der Waals surface area contributed by atoms with Crippen molar-refractivity contribution in [2.45, 2.75) is 13.5 Å². The van der Waals surface area contributed by atoms with Gasteiger partial charge in [-0.2, -0.15) is 5.10 Å². The molecule has 0 saturated carbocycles. The maximum absolute atomic E-state index is 11.9. The summed E-state index contributed by atoms with van der Waals surface area (Å²) in [5.41, 5.74) is 5.31. The molecule has 0 unspecified atom stereocenters. The van der Waals surface area contributed by atoms with E-state index in [1.165, 1.54) is 6.21 Å². The van der Waals surface area contributed by atoms with E-state index in [2.05, 4.69) is 15.8 Å².